The fraction of sp³-hybridized carbons (Fsp3) is 1.00. The maximum Gasteiger partial charge on any atom is 0.0563 e. The van der Waals surface area contributed by atoms with Gasteiger partial charge in [0.2, 0.25) is 0 Å². The molecule has 0 aromatic carbocycles. The minimum Gasteiger partial charge on any atom is -0.381 e. The summed E-state index contributed by atoms with van der Waals surface area (Å²) in [5.74, 6) is 0. The van der Waals surface area contributed by atoms with Crippen molar-refractivity contribution in [2.24, 2.45) is 0 Å². The van der Waals surface area contributed by atoms with Gasteiger partial charge in [0, 0.05) is 11.9 Å². The number of ether oxygens (including phenoxy) is 1. The van der Waals surface area contributed by atoms with Crippen molar-refractivity contribution >= 4 is 15.9 Å². The van der Waals surface area contributed by atoms with Crippen molar-refractivity contribution in [2.45, 2.75) is 32.6 Å². The lowest BCUT2D eigenvalue weighted by molar-refractivity contribution is 0.146. The van der Waals surface area contributed by atoms with Crippen molar-refractivity contribution in [3.8, 4) is 0 Å². The Morgan fingerprint density at radius 2 is 1.90 bits per heavy atom. The van der Waals surface area contributed by atoms with Gasteiger partial charge in [0.05, 0.1) is 6.61 Å². The van der Waals surface area contributed by atoms with Crippen molar-refractivity contribution in [2.75, 3.05) is 18.5 Å². The maximum absolute atomic E-state index is 5.28. The first kappa shape index (κ1) is 10.4. The normalized spacial score (nSPS) is 10.2. The molecule has 2 heteroatoms. The van der Waals surface area contributed by atoms with Gasteiger partial charge in [0.1, 0.15) is 0 Å². The van der Waals surface area contributed by atoms with Gasteiger partial charge in [0.15, 0.2) is 0 Å². The zero-order valence-electron chi connectivity index (χ0n) is 6.74. The van der Waals surface area contributed by atoms with E-state index in [1.807, 2.05) is 0 Å². The van der Waals surface area contributed by atoms with E-state index >= 15 is 0 Å². The number of rotatable bonds is 7. The van der Waals surface area contributed by atoms with Gasteiger partial charge in [-0.1, -0.05) is 42.1 Å². The average molecular weight is 209 g/mol. The summed E-state index contributed by atoms with van der Waals surface area (Å²) < 4.78 is 5.28. The predicted octanol–water partition coefficient (Wildman–Crippen LogP) is 2.98. The van der Waals surface area contributed by atoms with Crippen LogP contribution in [0.3, 0.4) is 0 Å². The lowest BCUT2D eigenvalue weighted by atomic mass is 10.2. The molecule has 0 atom stereocenters. The molecular formula is C8H17BrO. The van der Waals surface area contributed by atoms with Crippen molar-refractivity contribution in [1.82, 2.24) is 0 Å². The highest BCUT2D eigenvalue weighted by molar-refractivity contribution is 9.09. The zero-order chi connectivity index (χ0) is 7.66. The van der Waals surface area contributed by atoms with Gasteiger partial charge in [-0.25, -0.2) is 0 Å². The van der Waals surface area contributed by atoms with Gasteiger partial charge in [0.25, 0.3) is 0 Å². The van der Waals surface area contributed by atoms with Crippen LogP contribution in [0.5, 0.6) is 0 Å². The molecule has 0 saturated carbocycles. The first-order valence-corrected chi connectivity index (χ1v) is 5.17. The quantitative estimate of drug-likeness (QED) is 0.462. The Morgan fingerprint density at radius 1 is 1.10 bits per heavy atom. The van der Waals surface area contributed by atoms with E-state index < -0.39 is 0 Å². The molecule has 0 radical (unpaired) electrons. The highest BCUT2D eigenvalue weighted by atomic mass is 79.9. The minimum absolute atomic E-state index is 0.853. The highest BCUT2D eigenvalue weighted by Gasteiger charge is 1.87. The first-order chi connectivity index (χ1) is 4.91. The Morgan fingerprint density at radius 3 is 2.50 bits per heavy atom. The van der Waals surface area contributed by atoms with Crippen molar-refractivity contribution in [1.29, 1.82) is 0 Å². The molecule has 0 aliphatic carbocycles. The molecule has 10 heavy (non-hydrogen) atoms. The smallest absolute Gasteiger partial charge is 0.0563 e. The van der Waals surface area contributed by atoms with Gasteiger partial charge in [-0.3, -0.25) is 0 Å². The molecule has 0 amide bonds. The first-order valence-electron chi connectivity index (χ1n) is 4.05. The van der Waals surface area contributed by atoms with Crippen LogP contribution >= 0.6 is 15.9 Å². The second-order valence-electron chi connectivity index (χ2n) is 2.36. The highest BCUT2D eigenvalue weighted by Crippen LogP contribution is 1.98. The summed E-state index contributed by atoms with van der Waals surface area (Å²) in [5.41, 5.74) is 0. The molecule has 0 aliphatic rings. The van der Waals surface area contributed by atoms with Crippen LogP contribution in [0.4, 0.5) is 0 Å². The van der Waals surface area contributed by atoms with Crippen molar-refractivity contribution < 1.29 is 4.74 Å². The second-order valence-corrected chi connectivity index (χ2v) is 3.16. The maximum atomic E-state index is 5.28. The topological polar surface area (TPSA) is 9.23 Å². The molecule has 0 aromatic heterocycles. The van der Waals surface area contributed by atoms with Crippen molar-refractivity contribution in [3.63, 3.8) is 0 Å². The number of halogens is 1. The number of hydrogen-bond acceptors (Lipinski definition) is 1. The van der Waals surface area contributed by atoms with E-state index in [0.29, 0.717) is 0 Å². The van der Waals surface area contributed by atoms with E-state index in [1.165, 1.54) is 25.7 Å². The van der Waals surface area contributed by atoms with Gasteiger partial charge in [-0.2, -0.15) is 0 Å². The molecule has 0 bridgehead atoms. The summed E-state index contributed by atoms with van der Waals surface area (Å²) in [6.45, 7) is 4.01. The molecular weight excluding hydrogens is 192 g/mol. The molecule has 0 fully saturated rings. The lowest BCUT2D eigenvalue weighted by Crippen LogP contribution is -1.96. The Hall–Kier alpha value is 0.440. The predicted molar refractivity (Wildman–Crippen MR) is 48.8 cm³/mol. The lowest BCUT2D eigenvalue weighted by Gasteiger charge is -1.99. The number of hydrogen-bond donors (Lipinski definition) is 0. The van der Waals surface area contributed by atoms with Gasteiger partial charge in [-0.05, 0) is 6.42 Å². The molecule has 1 nitrogen and oxygen atoms in total. The van der Waals surface area contributed by atoms with Crippen LogP contribution in [-0.2, 0) is 4.74 Å². The molecule has 0 aromatic rings. The fourth-order valence-corrected chi connectivity index (χ4v) is 1.02. The van der Waals surface area contributed by atoms with Crippen LogP contribution < -0.4 is 0 Å². The molecule has 0 rings (SSSR count). The van der Waals surface area contributed by atoms with Gasteiger partial charge < -0.3 is 4.74 Å². The molecule has 0 spiro atoms. The standard InChI is InChI=1S/C8H17BrO/c1-2-3-4-5-7-10-8-6-9/h2-8H2,1H3. The molecule has 0 unspecified atom stereocenters. The van der Waals surface area contributed by atoms with Crippen LogP contribution in [0.15, 0.2) is 0 Å². The third kappa shape index (κ3) is 8.44. The van der Waals surface area contributed by atoms with Crippen molar-refractivity contribution in [3.05, 3.63) is 0 Å². The summed E-state index contributed by atoms with van der Waals surface area (Å²) in [7, 11) is 0. The van der Waals surface area contributed by atoms with Crippen LogP contribution in [0.1, 0.15) is 32.6 Å². The Bertz CT molecular complexity index is 49.2. The Kier molecular flexibility index (Phi) is 9.86. The fourth-order valence-electron chi connectivity index (χ4n) is 0.788. The Labute approximate surface area is 72.3 Å². The van der Waals surface area contributed by atoms with E-state index in [9.17, 15) is 0 Å². The van der Waals surface area contributed by atoms with Crippen LogP contribution in [0.25, 0.3) is 0 Å². The van der Waals surface area contributed by atoms with E-state index in [4.69, 9.17) is 4.74 Å². The zero-order valence-corrected chi connectivity index (χ0v) is 8.32. The molecule has 0 aliphatic heterocycles. The number of unbranched alkanes of at least 4 members (excludes halogenated alkanes) is 3. The van der Waals surface area contributed by atoms with E-state index in [-0.39, 0.29) is 0 Å². The van der Waals surface area contributed by atoms with Gasteiger partial charge >= 0.3 is 0 Å². The summed E-state index contributed by atoms with van der Waals surface area (Å²) in [4.78, 5) is 0. The van der Waals surface area contributed by atoms with Crippen LogP contribution in [0, 0.1) is 0 Å². The average Bonchev–Trinajstić information content (AvgIpc) is 1.97. The van der Waals surface area contributed by atoms with Crippen LogP contribution in [-0.4, -0.2) is 18.5 Å². The third-order valence-electron chi connectivity index (χ3n) is 1.36. The largest absolute Gasteiger partial charge is 0.381 e. The minimum atomic E-state index is 0.853. The SMILES string of the molecule is CCCCCCOCCBr. The van der Waals surface area contributed by atoms with Crippen LogP contribution in [0.2, 0.25) is 0 Å². The summed E-state index contributed by atoms with van der Waals surface area (Å²) in [6, 6.07) is 0. The molecule has 0 saturated heterocycles. The molecule has 0 N–H and O–H groups in total. The molecule has 62 valence electrons. The Balaban J connectivity index is 2.65. The third-order valence-corrected chi connectivity index (χ3v) is 1.69. The monoisotopic (exact) mass is 208 g/mol. The second kappa shape index (κ2) is 9.44. The van der Waals surface area contributed by atoms with E-state index in [2.05, 4.69) is 22.9 Å². The van der Waals surface area contributed by atoms with E-state index in [0.717, 1.165) is 18.5 Å². The summed E-state index contributed by atoms with van der Waals surface area (Å²) >= 11 is 3.31. The van der Waals surface area contributed by atoms with Gasteiger partial charge in [-0.15, -0.1) is 0 Å². The van der Waals surface area contributed by atoms with E-state index in [1.54, 1.807) is 0 Å². The number of alkyl halides is 1. The molecule has 0 heterocycles. The summed E-state index contributed by atoms with van der Waals surface area (Å²) in [6.07, 6.45) is 5.19. The summed E-state index contributed by atoms with van der Waals surface area (Å²) in [5, 5.41) is 0.959.